The summed E-state index contributed by atoms with van der Waals surface area (Å²) < 4.78 is 0.899. The molecule has 118 valence electrons. The van der Waals surface area contributed by atoms with Crippen LogP contribution in [0.15, 0.2) is 47.1 Å². The summed E-state index contributed by atoms with van der Waals surface area (Å²) in [6, 6.07) is 10.1. The number of carbonyl (C=O) groups excluding carboxylic acids is 2. The molecule has 0 spiro atoms. The molecule has 0 N–H and O–H groups in total. The van der Waals surface area contributed by atoms with Gasteiger partial charge in [-0.2, -0.15) is 0 Å². The molecule has 0 aliphatic carbocycles. The van der Waals surface area contributed by atoms with Gasteiger partial charge in [0, 0.05) is 17.7 Å². The van der Waals surface area contributed by atoms with E-state index in [0.717, 1.165) is 14.9 Å². The first kappa shape index (κ1) is 16.0. The Morgan fingerprint density at radius 2 is 1.83 bits per heavy atom. The molecular weight excluding hydrogens is 382 g/mol. The molecule has 7 heteroatoms. The highest BCUT2D eigenvalue weighted by atomic mass is 79.9. The van der Waals surface area contributed by atoms with Crippen LogP contribution < -0.4 is 4.90 Å². The largest absolute Gasteiger partial charge is 0.332 e. The quantitative estimate of drug-likeness (QED) is 0.575. The number of halogens is 2. The Hall–Kier alpha value is -1.92. The number of hydrogen-bond donors (Lipinski definition) is 0. The van der Waals surface area contributed by atoms with Gasteiger partial charge < -0.3 is 4.90 Å². The number of hydrogen-bond acceptors (Lipinski definition) is 3. The second-order valence-electron chi connectivity index (χ2n) is 5.37. The lowest BCUT2D eigenvalue weighted by atomic mass is 9.91. The molecular formula is C16H13BrClN3O2. The van der Waals surface area contributed by atoms with Crippen LogP contribution in [-0.2, 0) is 10.3 Å². The topological polar surface area (TPSA) is 53.5 Å². The standard InChI is InChI=1S/C16H13BrClN3O2/c1-16(10-5-7-11(17)8-6-10)14(22)21(15(23)20(16)2)12-4-3-9-19-13(12)18/h3-9H,1-2H3/t16-/m0/s1. The third-order valence-corrected chi connectivity index (χ3v) is 4.98. The Kier molecular flexibility index (Phi) is 3.90. The van der Waals surface area contributed by atoms with Crippen LogP contribution in [0.3, 0.4) is 0 Å². The number of nitrogens with zero attached hydrogens (tertiary/aromatic N) is 3. The number of rotatable bonds is 2. The Labute approximate surface area is 147 Å². The molecule has 5 nitrogen and oxygen atoms in total. The van der Waals surface area contributed by atoms with E-state index in [9.17, 15) is 9.59 Å². The highest BCUT2D eigenvalue weighted by molar-refractivity contribution is 9.10. The fraction of sp³-hybridized carbons (Fsp3) is 0.188. The summed E-state index contributed by atoms with van der Waals surface area (Å²) in [5.74, 6) is -0.359. The first-order valence-corrected chi connectivity index (χ1v) is 8.03. The highest BCUT2D eigenvalue weighted by Gasteiger charge is 2.54. The van der Waals surface area contributed by atoms with Gasteiger partial charge in [0.25, 0.3) is 5.91 Å². The molecule has 1 aromatic carbocycles. The van der Waals surface area contributed by atoms with E-state index in [0.29, 0.717) is 0 Å². The number of aromatic nitrogens is 1. The zero-order valence-electron chi connectivity index (χ0n) is 12.5. The SMILES string of the molecule is CN1C(=O)N(c2cccnc2Cl)C(=O)[C@]1(C)c1ccc(Br)cc1. The zero-order chi connectivity index (χ0) is 16.8. The molecule has 2 aromatic rings. The van der Waals surface area contributed by atoms with Crippen LogP contribution in [0, 0.1) is 0 Å². The molecule has 0 bridgehead atoms. The van der Waals surface area contributed by atoms with E-state index in [-0.39, 0.29) is 16.7 Å². The molecule has 1 aliphatic rings. The van der Waals surface area contributed by atoms with Crippen LogP contribution in [0.25, 0.3) is 0 Å². The molecule has 1 fully saturated rings. The van der Waals surface area contributed by atoms with Crippen molar-refractivity contribution in [3.05, 3.63) is 57.8 Å². The highest BCUT2D eigenvalue weighted by Crippen LogP contribution is 2.40. The third-order valence-electron chi connectivity index (χ3n) is 4.16. The molecule has 23 heavy (non-hydrogen) atoms. The minimum Gasteiger partial charge on any atom is -0.308 e. The molecule has 1 aromatic heterocycles. The van der Waals surface area contributed by atoms with Gasteiger partial charge in [-0.15, -0.1) is 0 Å². The number of anilines is 1. The second kappa shape index (κ2) is 5.62. The van der Waals surface area contributed by atoms with E-state index in [1.807, 2.05) is 24.3 Å². The minimum absolute atomic E-state index is 0.114. The van der Waals surface area contributed by atoms with E-state index in [2.05, 4.69) is 20.9 Å². The number of amides is 3. The van der Waals surface area contributed by atoms with Crippen molar-refractivity contribution in [2.45, 2.75) is 12.5 Å². The third kappa shape index (κ3) is 2.33. The van der Waals surface area contributed by atoms with Gasteiger partial charge in [-0.05, 0) is 36.8 Å². The number of likely N-dealkylation sites (N-methyl/N-ethyl adjacent to an activating group) is 1. The Balaban J connectivity index is 2.11. The van der Waals surface area contributed by atoms with Crippen molar-refractivity contribution in [2.75, 3.05) is 11.9 Å². The molecule has 0 saturated carbocycles. The van der Waals surface area contributed by atoms with Crippen LogP contribution in [0.1, 0.15) is 12.5 Å². The molecule has 3 rings (SSSR count). The number of benzene rings is 1. The molecule has 3 amide bonds. The van der Waals surface area contributed by atoms with Gasteiger partial charge in [0.15, 0.2) is 5.15 Å². The Morgan fingerprint density at radius 1 is 1.17 bits per heavy atom. The number of pyridine rings is 1. The second-order valence-corrected chi connectivity index (χ2v) is 6.65. The lowest BCUT2D eigenvalue weighted by molar-refractivity contribution is -0.124. The van der Waals surface area contributed by atoms with Crippen molar-refractivity contribution in [1.82, 2.24) is 9.88 Å². The molecule has 0 unspecified atom stereocenters. The van der Waals surface area contributed by atoms with E-state index >= 15 is 0 Å². The van der Waals surface area contributed by atoms with Crippen molar-refractivity contribution in [1.29, 1.82) is 0 Å². The van der Waals surface area contributed by atoms with Gasteiger partial charge in [-0.25, -0.2) is 14.7 Å². The van der Waals surface area contributed by atoms with E-state index in [1.54, 1.807) is 26.1 Å². The van der Waals surface area contributed by atoms with Crippen molar-refractivity contribution in [3.63, 3.8) is 0 Å². The van der Waals surface area contributed by atoms with Crippen molar-refractivity contribution < 1.29 is 9.59 Å². The summed E-state index contributed by atoms with van der Waals surface area (Å²) in [6.45, 7) is 1.72. The zero-order valence-corrected chi connectivity index (χ0v) is 14.8. The average molecular weight is 395 g/mol. The molecule has 0 radical (unpaired) electrons. The number of urea groups is 1. The summed E-state index contributed by atoms with van der Waals surface area (Å²) in [4.78, 5) is 32.2. The molecule has 1 aliphatic heterocycles. The van der Waals surface area contributed by atoms with E-state index in [4.69, 9.17) is 11.6 Å². The summed E-state index contributed by atoms with van der Waals surface area (Å²) in [6.07, 6.45) is 1.51. The van der Waals surface area contributed by atoms with Gasteiger partial charge >= 0.3 is 6.03 Å². The van der Waals surface area contributed by atoms with Gasteiger partial charge in [0.2, 0.25) is 0 Å². The van der Waals surface area contributed by atoms with Gasteiger partial charge in [-0.3, -0.25) is 4.79 Å². The van der Waals surface area contributed by atoms with Gasteiger partial charge in [0.1, 0.15) is 5.54 Å². The van der Waals surface area contributed by atoms with Crippen LogP contribution >= 0.6 is 27.5 Å². The maximum Gasteiger partial charge on any atom is 0.332 e. The van der Waals surface area contributed by atoms with Crippen LogP contribution in [0.4, 0.5) is 10.5 Å². The van der Waals surface area contributed by atoms with Crippen molar-refractivity contribution in [2.24, 2.45) is 0 Å². The smallest absolute Gasteiger partial charge is 0.308 e. The van der Waals surface area contributed by atoms with E-state index in [1.165, 1.54) is 11.1 Å². The monoisotopic (exact) mass is 393 g/mol. The maximum absolute atomic E-state index is 13.1. The summed E-state index contributed by atoms with van der Waals surface area (Å²) in [5.41, 5.74) is -0.0855. The summed E-state index contributed by atoms with van der Waals surface area (Å²) in [5, 5.41) is 0.114. The normalized spacial score (nSPS) is 21.2. The predicted molar refractivity (Wildman–Crippen MR) is 91.4 cm³/mol. The number of carbonyl (C=O) groups is 2. The predicted octanol–water partition coefficient (Wildman–Crippen LogP) is 3.81. The first-order valence-electron chi connectivity index (χ1n) is 6.86. The van der Waals surface area contributed by atoms with Gasteiger partial charge in [-0.1, -0.05) is 39.7 Å². The van der Waals surface area contributed by atoms with Crippen molar-refractivity contribution in [3.8, 4) is 0 Å². The summed E-state index contributed by atoms with van der Waals surface area (Å²) >= 11 is 9.43. The maximum atomic E-state index is 13.1. The Morgan fingerprint density at radius 3 is 2.43 bits per heavy atom. The lowest BCUT2D eigenvalue weighted by Crippen LogP contribution is -2.42. The summed E-state index contributed by atoms with van der Waals surface area (Å²) in [7, 11) is 1.60. The lowest BCUT2D eigenvalue weighted by Gasteiger charge is -2.28. The van der Waals surface area contributed by atoms with Crippen LogP contribution in [0.2, 0.25) is 5.15 Å². The average Bonchev–Trinajstić information content (AvgIpc) is 2.71. The Bertz CT molecular complexity index is 796. The molecule has 2 heterocycles. The molecule has 1 atom stereocenters. The van der Waals surface area contributed by atoms with Crippen LogP contribution in [0.5, 0.6) is 0 Å². The van der Waals surface area contributed by atoms with Crippen LogP contribution in [-0.4, -0.2) is 28.9 Å². The van der Waals surface area contributed by atoms with Gasteiger partial charge in [0.05, 0.1) is 5.69 Å². The van der Waals surface area contributed by atoms with E-state index < -0.39 is 11.6 Å². The van der Waals surface area contributed by atoms with Crippen molar-refractivity contribution >= 4 is 45.2 Å². The fourth-order valence-electron chi connectivity index (χ4n) is 2.64. The fourth-order valence-corrected chi connectivity index (χ4v) is 3.11. The first-order chi connectivity index (χ1) is 10.9. The number of imide groups is 1. The minimum atomic E-state index is -1.10. The molecule has 1 saturated heterocycles.